The van der Waals surface area contributed by atoms with Crippen LogP contribution in [0.1, 0.15) is 26.7 Å². The van der Waals surface area contributed by atoms with E-state index in [0.717, 1.165) is 10.2 Å². The molecule has 0 spiro atoms. The van der Waals surface area contributed by atoms with Crippen LogP contribution in [-0.2, 0) is 4.79 Å². The average Bonchev–Trinajstić information content (AvgIpc) is 2.49. The van der Waals surface area contributed by atoms with E-state index in [1.165, 1.54) is 0 Å². The van der Waals surface area contributed by atoms with Gasteiger partial charge in [0.15, 0.2) is 0 Å². The molecule has 2 rings (SSSR count). The van der Waals surface area contributed by atoms with Crippen molar-refractivity contribution in [2.75, 3.05) is 18.4 Å². The van der Waals surface area contributed by atoms with Crippen LogP contribution in [0.25, 0.3) is 0 Å². The van der Waals surface area contributed by atoms with E-state index in [4.69, 9.17) is 0 Å². The van der Waals surface area contributed by atoms with Gasteiger partial charge in [0.2, 0.25) is 5.91 Å². The minimum absolute atomic E-state index is 0.0239. The van der Waals surface area contributed by atoms with Crippen molar-refractivity contribution in [1.82, 2.24) is 10.2 Å². The maximum absolute atomic E-state index is 12.3. The molecule has 5 nitrogen and oxygen atoms in total. The molecule has 0 radical (unpaired) electrons. The molecule has 1 heterocycles. The average molecular weight is 368 g/mol. The van der Waals surface area contributed by atoms with Crippen LogP contribution in [0.3, 0.4) is 0 Å². The molecule has 22 heavy (non-hydrogen) atoms. The lowest BCUT2D eigenvalue weighted by atomic mass is 9.96. The summed E-state index contributed by atoms with van der Waals surface area (Å²) < 4.78 is 0.872. The van der Waals surface area contributed by atoms with Gasteiger partial charge < -0.3 is 15.5 Å². The van der Waals surface area contributed by atoms with E-state index in [9.17, 15) is 9.59 Å². The molecular weight excluding hydrogens is 346 g/mol. The Bertz CT molecular complexity index is 540. The Balaban J connectivity index is 1.85. The lowest BCUT2D eigenvalue weighted by molar-refractivity contribution is -0.121. The van der Waals surface area contributed by atoms with E-state index in [1.807, 2.05) is 38.1 Å². The number of halogens is 1. The number of nitrogens with one attached hydrogen (secondary N) is 2. The van der Waals surface area contributed by atoms with E-state index >= 15 is 0 Å². The lowest BCUT2D eigenvalue weighted by Gasteiger charge is -2.32. The van der Waals surface area contributed by atoms with E-state index < -0.39 is 0 Å². The Morgan fingerprint density at radius 1 is 1.23 bits per heavy atom. The summed E-state index contributed by atoms with van der Waals surface area (Å²) in [6, 6.07) is 7.65. The Morgan fingerprint density at radius 2 is 1.86 bits per heavy atom. The van der Waals surface area contributed by atoms with Gasteiger partial charge in [-0.15, -0.1) is 0 Å². The molecule has 1 aromatic carbocycles. The van der Waals surface area contributed by atoms with Crippen LogP contribution < -0.4 is 10.6 Å². The Kier molecular flexibility index (Phi) is 5.83. The van der Waals surface area contributed by atoms with Crippen molar-refractivity contribution in [1.29, 1.82) is 0 Å². The molecule has 1 aliphatic rings. The van der Waals surface area contributed by atoms with Crippen molar-refractivity contribution in [3.63, 3.8) is 0 Å². The monoisotopic (exact) mass is 367 g/mol. The summed E-state index contributed by atoms with van der Waals surface area (Å²) in [5.74, 6) is -0.0222. The van der Waals surface area contributed by atoms with Gasteiger partial charge in [-0.3, -0.25) is 4.79 Å². The molecule has 2 N–H and O–H groups in total. The SMILES string of the molecule is CC(C)NC(=O)N1CCC(C(=O)Nc2ccccc2Br)CC1. The van der Waals surface area contributed by atoms with Crippen LogP contribution in [-0.4, -0.2) is 36.0 Å². The van der Waals surface area contributed by atoms with Gasteiger partial charge in [-0.25, -0.2) is 4.79 Å². The Labute approximate surface area is 139 Å². The molecule has 0 aromatic heterocycles. The Morgan fingerprint density at radius 3 is 2.45 bits per heavy atom. The number of hydrogen-bond acceptors (Lipinski definition) is 2. The van der Waals surface area contributed by atoms with Gasteiger partial charge in [0.25, 0.3) is 0 Å². The van der Waals surface area contributed by atoms with Gasteiger partial charge in [-0.2, -0.15) is 0 Å². The number of carbonyl (C=O) groups is 2. The van der Waals surface area contributed by atoms with Gasteiger partial charge in [-0.05, 0) is 54.8 Å². The highest BCUT2D eigenvalue weighted by Crippen LogP contribution is 2.24. The first-order chi connectivity index (χ1) is 10.5. The molecule has 0 bridgehead atoms. The van der Waals surface area contributed by atoms with E-state index in [0.29, 0.717) is 25.9 Å². The maximum Gasteiger partial charge on any atom is 0.317 e. The second kappa shape index (κ2) is 7.63. The minimum atomic E-state index is -0.0461. The number of carbonyl (C=O) groups excluding carboxylic acids is 2. The Hall–Kier alpha value is -1.56. The third-order valence-corrected chi connectivity index (χ3v) is 4.39. The third kappa shape index (κ3) is 4.47. The minimum Gasteiger partial charge on any atom is -0.336 e. The number of rotatable bonds is 3. The summed E-state index contributed by atoms with van der Waals surface area (Å²) >= 11 is 3.42. The fourth-order valence-electron chi connectivity index (χ4n) is 2.48. The normalized spacial score (nSPS) is 15.7. The third-order valence-electron chi connectivity index (χ3n) is 3.70. The zero-order valence-electron chi connectivity index (χ0n) is 12.9. The van der Waals surface area contributed by atoms with Gasteiger partial charge in [0, 0.05) is 29.5 Å². The first-order valence-corrected chi connectivity index (χ1v) is 8.37. The van der Waals surface area contributed by atoms with Crippen LogP contribution in [0.5, 0.6) is 0 Å². The van der Waals surface area contributed by atoms with Crippen LogP contribution >= 0.6 is 15.9 Å². The van der Waals surface area contributed by atoms with Crippen LogP contribution in [0, 0.1) is 5.92 Å². The predicted molar refractivity (Wildman–Crippen MR) is 90.7 cm³/mol. The molecule has 120 valence electrons. The fraction of sp³-hybridized carbons (Fsp3) is 0.500. The number of amides is 3. The predicted octanol–water partition coefficient (Wildman–Crippen LogP) is 3.22. The first kappa shape index (κ1) is 16.8. The number of para-hydroxylation sites is 1. The van der Waals surface area contributed by atoms with E-state index in [1.54, 1.807) is 4.90 Å². The highest BCUT2D eigenvalue weighted by atomic mass is 79.9. The molecule has 1 saturated heterocycles. The molecule has 3 amide bonds. The van der Waals surface area contributed by atoms with Gasteiger partial charge in [-0.1, -0.05) is 12.1 Å². The smallest absolute Gasteiger partial charge is 0.317 e. The molecule has 0 unspecified atom stereocenters. The van der Waals surface area contributed by atoms with Crippen LogP contribution in [0.2, 0.25) is 0 Å². The number of benzene rings is 1. The highest BCUT2D eigenvalue weighted by molar-refractivity contribution is 9.10. The van der Waals surface area contributed by atoms with Gasteiger partial charge in [0.1, 0.15) is 0 Å². The molecule has 1 aliphatic heterocycles. The summed E-state index contributed by atoms with van der Waals surface area (Å²) in [7, 11) is 0. The van der Waals surface area contributed by atoms with Gasteiger partial charge >= 0.3 is 6.03 Å². The molecule has 0 atom stereocenters. The van der Waals surface area contributed by atoms with Crippen molar-refractivity contribution in [3.05, 3.63) is 28.7 Å². The largest absolute Gasteiger partial charge is 0.336 e. The summed E-state index contributed by atoms with van der Waals surface area (Å²) in [4.78, 5) is 26.0. The summed E-state index contributed by atoms with van der Waals surface area (Å²) in [6.07, 6.45) is 1.39. The molecule has 1 fully saturated rings. The maximum atomic E-state index is 12.3. The van der Waals surface area contributed by atoms with Gasteiger partial charge in [0.05, 0.1) is 5.69 Å². The summed E-state index contributed by atoms with van der Waals surface area (Å²) in [6.45, 7) is 5.12. The zero-order valence-corrected chi connectivity index (χ0v) is 14.5. The number of nitrogens with zero attached hydrogens (tertiary/aromatic N) is 1. The number of hydrogen-bond donors (Lipinski definition) is 2. The van der Waals surface area contributed by atoms with E-state index in [-0.39, 0.29) is 23.9 Å². The molecule has 0 saturated carbocycles. The number of urea groups is 1. The van der Waals surface area contributed by atoms with Crippen LogP contribution in [0.4, 0.5) is 10.5 Å². The second-order valence-corrected chi connectivity index (χ2v) is 6.69. The summed E-state index contributed by atoms with van der Waals surface area (Å²) in [5.41, 5.74) is 0.785. The molecule has 6 heteroatoms. The van der Waals surface area contributed by atoms with Crippen LogP contribution in [0.15, 0.2) is 28.7 Å². The van der Waals surface area contributed by atoms with Crippen molar-refractivity contribution in [3.8, 4) is 0 Å². The van der Waals surface area contributed by atoms with Crippen molar-refractivity contribution in [2.45, 2.75) is 32.7 Å². The second-order valence-electron chi connectivity index (χ2n) is 5.83. The fourth-order valence-corrected chi connectivity index (χ4v) is 2.86. The number of anilines is 1. The van der Waals surface area contributed by atoms with Crippen molar-refractivity contribution < 1.29 is 9.59 Å². The van der Waals surface area contributed by atoms with E-state index in [2.05, 4.69) is 26.6 Å². The van der Waals surface area contributed by atoms with Crippen molar-refractivity contribution >= 4 is 33.6 Å². The molecule has 1 aromatic rings. The standard InChI is InChI=1S/C16H22BrN3O2/c1-11(2)18-16(22)20-9-7-12(8-10-20)15(21)19-14-6-4-3-5-13(14)17/h3-6,11-12H,7-10H2,1-2H3,(H,18,22)(H,19,21). The van der Waals surface area contributed by atoms with Crippen molar-refractivity contribution in [2.24, 2.45) is 5.92 Å². The number of piperidine rings is 1. The lowest BCUT2D eigenvalue weighted by Crippen LogP contribution is -2.47. The molecular formula is C16H22BrN3O2. The quantitative estimate of drug-likeness (QED) is 0.861. The topological polar surface area (TPSA) is 61.4 Å². The first-order valence-electron chi connectivity index (χ1n) is 7.58. The highest BCUT2D eigenvalue weighted by Gasteiger charge is 2.27. The number of likely N-dealkylation sites (tertiary alicyclic amines) is 1. The zero-order chi connectivity index (χ0) is 16.1. The molecule has 0 aliphatic carbocycles. The summed E-state index contributed by atoms with van der Waals surface area (Å²) in [5, 5.41) is 5.84.